The van der Waals surface area contributed by atoms with E-state index in [4.69, 9.17) is 0 Å². The van der Waals surface area contributed by atoms with E-state index in [2.05, 4.69) is 17.6 Å². The molecular weight excluding hydrogens is 338 g/mol. The van der Waals surface area contributed by atoms with Gasteiger partial charge in [-0.05, 0) is 62.7 Å². The molecule has 2 saturated heterocycles. The third-order valence-electron chi connectivity index (χ3n) is 6.76. The lowest BCUT2D eigenvalue weighted by atomic mass is 9.84. The molecule has 3 fully saturated rings. The number of nitrogens with zero attached hydrogens (tertiary/aromatic N) is 1. The fraction of sp³-hybridized carbons (Fsp3) is 0.636. The zero-order valence-corrected chi connectivity index (χ0v) is 16.2. The monoisotopic (exact) mass is 369 g/mol. The third kappa shape index (κ3) is 3.75. The molecule has 5 heteroatoms. The number of hydrogen-bond acceptors (Lipinski definition) is 3. The first-order chi connectivity index (χ1) is 13.1. The molecule has 2 aliphatic heterocycles. The summed E-state index contributed by atoms with van der Waals surface area (Å²) in [7, 11) is 0. The van der Waals surface area contributed by atoms with Crippen LogP contribution < -0.4 is 10.6 Å². The highest BCUT2D eigenvalue weighted by atomic mass is 16.2. The average Bonchev–Trinajstić information content (AvgIpc) is 3.09. The molecular formula is C22H31N3O2. The molecule has 1 aromatic carbocycles. The summed E-state index contributed by atoms with van der Waals surface area (Å²) in [4.78, 5) is 28.5. The lowest BCUT2D eigenvalue weighted by Crippen LogP contribution is -2.55. The highest BCUT2D eigenvalue weighted by molar-refractivity contribution is 5.98. The van der Waals surface area contributed by atoms with Crippen molar-refractivity contribution in [3.63, 3.8) is 0 Å². The Morgan fingerprint density at radius 2 is 1.89 bits per heavy atom. The predicted octanol–water partition coefficient (Wildman–Crippen LogP) is 2.57. The summed E-state index contributed by atoms with van der Waals surface area (Å²) in [6.45, 7) is 4.06. The molecule has 5 atom stereocenters. The molecule has 0 bridgehead atoms. The minimum Gasteiger partial charge on any atom is -0.351 e. The summed E-state index contributed by atoms with van der Waals surface area (Å²) in [5, 5.41) is 6.66. The van der Waals surface area contributed by atoms with E-state index in [1.165, 1.54) is 6.42 Å². The molecule has 5 nitrogen and oxygen atoms in total. The smallest absolute Gasteiger partial charge is 0.254 e. The van der Waals surface area contributed by atoms with Crippen molar-refractivity contribution < 1.29 is 9.59 Å². The van der Waals surface area contributed by atoms with Crippen LogP contribution >= 0.6 is 0 Å². The molecule has 4 rings (SSSR count). The molecule has 3 aliphatic rings. The zero-order chi connectivity index (χ0) is 18.8. The largest absolute Gasteiger partial charge is 0.351 e. The van der Waals surface area contributed by atoms with Crippen molar-refractivity contribution in [1.82, 2.24) is 15.5 Å². The molecule has 0 spiro atoms. The number of benzene rings is 1. The molecule has 146 valence electrons. The van der Waals surface area contributed by atoms with Crippen LogP contribution in [0.1, 0.15) is 55.8 Å². The summed E-state index contributed by atoms with van der Waals surface area (Å²) < 4.78 is 0. The second kappa shape index (κ2) is 8.01. The Hall–Kier alpha value is -1.88. The lowest BCUT2D eigenvalue weighted by Gasteiger charge is -2.35. The van der Waals surface area contributed by atoms with Crippen molar-refractivity contribution in [2.45, 2.75) is 63.6 Å². The quantitative estimate of drug-likeness (QED) is 0.861. The minimum atomic E-state index is -0.326. The Morgan fingerprint density at radius 3 is 2.67 bits per heavy atom. The van der Waals surface area contributed by atoms with Gasteiger partial charge in [-0.25, -0.2) is 0 Å². The Kier molecular flexibility index (Phi) is 5.48. The van der Waals surface area contributed by atoms with Crippen molar-refractivity contribution in [3.05, 3.63) is 35.9 Å². The van der Waals surface area contributed by atoms with Crippen molar-refractivity contribution in [1.29, 1.82) is 0 Å². The molecule has 5 unspecified atom stereocenters. The third-order valence-corrected chi connectivity index (χ3v) is 6.76. The topological polar surface area (TPSA) is 61.4 Å². The first-order valence-electron chi connectivity index (χ1n) is 10.5. The van der Waals surface area contributed by atoms with Gasteiger partial charge in [0.05, 0.1) is 0 Å². The molecule has 2 amide bonds. The molecule has 2 N–H and O–H groups in total. The Balaban J connectivity index is 1.55. The van der Waals surface area contributed by atoms with Crippen LogP contribution in [0, 0.1) is 11.8 Å². The molecule has 0 aromatic heterocycles. The molecule has 27 heavy (non-hydrogen) atoms. The van der Waals surface area contributed by atoms with E-state index < -0.39 is 0 Å². The normalized spacial score (nSPS) is 33.4. The number of nitrogens with one attached hydrogen (secondary N) is 2. The van der Waals surface area contributed by atoms with Gasteiger partial charge in [0.25, 0.3) is 5.91 Å². The van der Waals surface area contributed by atoms with Crippen LogP contribution in [-0.4, -0.2) is 47.9 Å². The predicted molar refractivity (Wildman–Crippen MR) is 105 cm³/mol. The molecule has 1 aromatic rings. The standard InChI is InChI=1S/C22H31N3O2/c1-15-14-23-12-11-18(15)24-21(26)20-13-17-9-5-6-10-19(17)25(20)22(27)16-7-3-2-4-8-16/h2-4,7-8,15,17-20,23H,5-6,9-14H2,1H3,(H,24,26). The summed E-state index contributed by atoms with van der Waals surface area (Å²) in [5.41, 5.74) is 0.691. The van der Waals surface area contributed by atoms with Gasteiger partial charge in [-0.2, -0.15) is 0 Å². The van der Waals surface area contributed by atoms with Crippen LogP contribution in [0.4, 0.5) is 0 Å². The van der Waals surface area contributed by atoms with Gasteiger partial charge in [0.2, 0.25) is 5.91 Å². The summed E-state index contributed by atoms with van der Waals surface area (Å²) in [6, 6.07) is 9.54. The van der Waals surface area contributed by atoms with Gasteiger partial charge in [0.1, 0.15) is 6.04 Å². The van der Waals surface area contributed by atoms with Crippen LogP contribution in [-0.2, 0) is 4.79 Å². The maximum atomic E-state index is 13.3. The van der Waals surface area contributed by atoms with Crippen molar-refractivity contribution in [2.24, 2.45) is 11.8 Å². The van der Waals surface area contributed by atoms with Crippen molar-refractivity contribution >= 4 is 11.8 Å². The van der Waals surface area contributed by atoms with E-state index in [9.17, 15) is 9.59 Å². The Bertz CT molecular complexity index is 677. The minimum absolute atomic E-state index is 0.0171. The summed E-state index contributed by atoms with van der Waals surface area (Å²) in [5.74, 6) is 0.952. The maximum absolute atomic E-state index is 13.3. The number of fused-ring (bicyclic) bond motifs is 1. The number of carbonyl (C=O) groups excluding carboxylic acids is 2. The molecule has 1 aliphatic carbocycles. The van der Waals surface area contributed by atoms with Crippen LogP contribution in [0.3, 0.4) is 0 Å². The fourth-order valence-corrected chi connectivity index (χ4v) is 5.22. The molecule has 2 heterocycles. The van der Waals surface area contributed by atoms with Crippen molar-refractivity contribution in [3.8, 4) is 0 Å². The lowest BCUT2D eigenvalue weighted by molar-refractivity contribution is -0.126. The number of likely N-dealkylation sites (tertiary alicyclic amines) is 1. The number of hydrogen-bond donors (Lipinski definition) is 2. The first kappa shape index (κ1) is 18.5. The number of amides is 2. The second-order valence-electron chi connectivity index (χ2n) is 8.53. The van der Waals surface area contributed by atoms with Crippen LogP contribution in [0.25, 0.3) is 0 Å². The second-order valence-corrected chi connectivity index (χ2v) is 8.53. The van der Waals surface area contributed by atoms with E-state index in [1.54, 1.807) is 0 Å². The van der Waals surface area contributed by atoms with E-state index in [0.717, 1.165) is 45.2 Å². The summed E-state index contributed by atoms with van der Waals surface area (Å²) >= 11 is 0. The Labute approximate surface area is 161 Å². The van der Waals surface area contributed by atoms with Gasteiger partial charge in [0, 0.05) is 17.6 Å². The van der Waals surface area contributed by atoms with Gasteiger partial charge in [-0.15, -0.1) is 0 Å². The van der Waals surface area contributed by atoms with E-state index in [1.807, 2.05) is 35.2 Å². The number of piperidine rings is 1. The van der Waals surface area contributed by atoms with Gasteiger partial charge >= 0.3 is 0 Å². The molecule has 0 radical (unpaired) electrons. The highest BCUT2D eigenvalue weighted by Gasteiger charge is 2.47. The number of rotatable bonds is 3. The van der Waals surface area contributed by atoms with Crippen molar-refractivity contribution in [2.75, 3.05) is 13.1 Å². The maximum Gasteiger partial charge on any atom is 0.254 e. The van der Waals surface area contributed by atoms with E-state index in [-0.39, 0.29) is 29.9 Å². The number of carbonyl (C=O) groups is 2. The van der Waals surface area contributed by atoms with Crippen LogP contribution in [0.15, 0.2) is 30.3 Å². The fourth-order valence-electron chi connectivity index (χ4n) is 5.22. The van der Waals surface area contributed by atoms with Gasteiger partial charge in [0.15, 0.2) is 0 Å². The van der Waals surface area contributed by atoms with Gasteiger partial charge in [-0.1, -0.05) is 38.0 Å². The molecule has 1 saturated carbocycles. The van der Waals surface area contributed by atoms with E-state index >= 15 is 0 Å². The highest BCUT2D eigenvalue weighted by Crippen LogP contribution is 2.40. The zero-order valence-electron chi connectivity index (χ0n) is 16.2. The van der Waals surface area contributed by atoms with Gasteiger partial charge < -0.3 is 15.5 Å². The summed E-state index contributed by atoms with van der Waals surface area (Å²) in [6.07, 6.45) is 6.30. The van der Waals surface area contributed by atoms with E-state index in [0.29, 0.717) is 17.4 Å². The average molecular weight is 370 g/mol. The Morgan fingerprint density at radius 1 is 1.11 bits per heavy atom. The van der Waals surface area contributed by atoms with Gasteiger partial charge in [-0.3, -0.25) is 9.59 Å². The van der Waals surface area contributed by atoms with Crippen LogP contribution in [0.5, 0.6) is 0 Å². The van der Waals surface area contributed by atoms with Crippen LogP contribution in [0.2, 0.25) is 0 Å². The SMILES string of the molecule is CC1CNCCC1NC(=O)C1CC2CCCCC2N1C(=O)c1ccccc1. The first-order valence-corrected chi connectivity index (χ1v) is 10.5.